The van der Waals surface area contributed by atoms with Gasteiger partial charge in [0, 0.05) is 47.2 Å². The van der Waals surface area contributed by atoms with E-state index in [1.807, 2.05) is 18.2 Å². The number of benzene rings is 2. The summed E-state index contributed by atoms with van der Waals surface area (Å²) in [5.74, 6) is 0.158. The second-order valence-electron chi connectivity index (χ2n) is 6.30. The predicted molar refractivity (Wildman–Crippen MR) is 107 cm³/mol. The number of hydrogen-bond acceptors (Lipinski definition) is 6. The van der Waals surface area contributed by atoms with E-state index in [-0.39, 0.29) is 42.5 Å². The summed E-state index contributed by atoms with van der Waals surface area (Å²) >= 11 is 12.5. The molecule has 0 spiro atoms. The minimum Gasteiger partial charge on any atom is -0.550 e. The summed E-state index contributed by atoms with van der Waals surface area (Å²) in [6, 6.07) is 10.7. The van der Waals surface area contributed by atoms with E-state index in [0.29, 0.717) is 38.6 Å². The van der Waals surface area contributed by atoms with E-state index in [0.717, 1.165) is 10.9 Å². The number of aryl methyl sites for hydroxylation is 1. The Morgan fingerprint density at radius 3 is 2.63 bits per heavy atom. The summed E-state index contributed by atoms with van der Waals surface area (Å²) in [6.45, 7) is 0.273. The molecule has 4 aromatic rings. The standard InChI is InChI=1S/C20H15Cl2N3O4.Na/c1-28-17-5-3-12(9-14(17)21)20-23-19(24-29-20)11-2-4-16-13(8-11)15(22)10-25(16)7-6-18(26)27;/h2-5,8-10H,6-7H2,1H3,(H,26,27);/q;+1/p-1. The summed E-state index contributed by atoms with van der Waals surface area (Å²) < 4.78 is 12.3. The number of carbonyl (C=O) groups is 1. The number of methoxy groups -OCH3 is 1. The van der Waals surface area contributed by atoms with Gasteiger partial charge < -0.3 is 23.7 Å². The van der Waals surface area contributed by atoms with E-state index in [1.165, 1.54) is 0 Å². The number of carbonyl (C=O) groups excluding carboxylic acids is 1. The number of fused-ring (bicyclic) bond motifs is 1. The Labute approximate surface area is 203 Å². The average Bonchev–Trinajstić information content (AvgIpc) is 3.31. The molecule has 148 valence electrons. The van der Waals surface area contributed by atoms with E-state index in [1.54, 1.807) is 36.1 Å². The van der Waals surface area contributed by atoms with E-state index >= 15 is 0 Å². The number of nitrogens with zero attached hydrogens (tertiary/aromatic N) is 3. The van der Waals surface area contributed by atoms with Crippen LogP contribution in [-0.4, -0.2) is 27.8 Å². The van der Waals surface area contributed by atoms with Crippen LogP contribution in [0, 0.1) is 0 Å². The summed E-state index contributed by atoms with van der Waals surface area (Å²) in [5.41, 5.74) is 2.19. The normalized spacial score (nSPS) is 10.8. The molecular formula is C20H14Cl2N3NaO4. The van der Waals surface area contributed by atoms with Crippen LogP contribution in [0.1, 0.15) is 6.42 Å². The Morgan fingerprint density at radius 2 is 1.93 bits per heavy atom. The van der Waals surface area contributed by atoms with Crippen LogP contribution >= 0.6 is 23.2 Å². The van der Waals surface area contributed by atoms with Crippen molar-refractivity contribution in [3.05, 3.63) is 52.6 Å². The fraction of sp³-hybridized carbons (Fsp3) is 0.150. The number of rotatable bonds is 6. The zero-order valence-electron chi connectivity index (χ0n) is 16.2. The summed E-state index contributed by atoms with van der Waals surface area (Å²) in [5, 5.41) is 16.5. The summed E-state index contributed by atoms with van der Waals surface area (Å²) in [6.07, 6.45) is 1.60. The molecule has 7 nitrogen and oxygen atoms in total. The number of aromatic nitrogens is 3. The SMILES string of the molecule is COc1ccc(-c2nc(-c3ccc4c(c3)c(Cl)cn4CCC(=O)[O-])no2)cc1Cl.[Na+]. The Morgan fingerprint density at radius 1 is 1.17 bits per heavy atom. The first kappa shape index (κ1) is 22.7. The van der Waals surface area contributed by atoms with Crippen LogP contribution in [0.3, 0.4) is 0 Å². The van der Waals surface area contributed by atoms with Gasteiger partial charge in [-0.05, 0) is 36.4 Å². The van der Waals surface area contributed by atoms with E-state index in [4.69, 9.17) is 32.5 Å². The van der Waals surface area contributed by atoms with Crippen LogP contribution in [0.5, 0.6) is 5.75 Å². The molecule has 0 saturated heterocycles. The Bertz CT molecular complexity index is 1220. The number of carboxylic acids is 1. The zero-order valence-corrected chi connectivity index (χ0v) is 19.7. The molecule has 0 atom stereocenters. The topological polar surface area (TPSA) is 93.2 Å². The third-order valence-corrected chi connectivity index (χ3v) is 5.07. The molecule has 0 N–H and O–H groups in total. The van der Waals surface area contributed by atoms with Gasteiger partial charge in [-0.2, -0.15) is 4.98 Å². The van der Waals surface area contributed by atoms with Crippen LogP contribution in [0.4, 0.5) is 0 Å². The largest absolute Gasteiger partial charge is 1.00 e. The number of aliphatic carboxylic acids is 1. The quantitative estimate of drug-likeness (QED) is 0.401. The summed E-state index contributed by atoms with van der Waals surface area (Å²) in [4.78, 5) is 15.2. The van der Waals surface area contributed by atoms with Gasteiger partial charge in [0.1, 0.15) is 5.75 Å². The molecule has 0 aliphatic rings. The number of hydrogen-bond donors (Lipinski definition) is 0. The minimum atomic E-state index is -1.11. The number of carboxylic acid groups (broad SMARTS) is 1. The van der Waals surface area contributed by atoms with Gasteiger partial charge in [0.25, 0.3) is 5.89 Å². The number of halogens is 2. The molecule has 0 radical (unpaired) electrons. The smallest absolute Gasteiger partial charge is 0.550 e. The third-order valence-electron chi connectivity index (χ3n) is 4.47. The average molecular weight is 454 g/mol. The summed E-state index contributed by atoms with van der Waals surface area (Å²) in [7, 11) is 1.54. The molecular weight excluding hydrogens is 440 g/mol. The second-order valence-corrected chi connectivity index (χ2v) is 7.11. The van der Waals surface area contributed by atoms with Crippen LogP contribution in [0.25, 0.3) is 33.7 Å². The maximum atomic E-state index is 10.7. The fourth-order valence-corrected chi connectivity index (χ4v) is 3.57. The van der Waals surface area contributed by atoms with Crippen molar-refractivity contribution in [1.82, 2.24) is 14.7 Å². The van der Waals surface area contributed by atoms with Crippen molar-refractivity contribution in [3.8, 4) is 28.6 Å². The van der Waals surface area contributed by atoms with Crippen LogP contribution < -0.4 is 39.4 Å². The third kappa shape index (κ3) is 4.50. The first-order valence-electron chi connectivity index (χ1n) is 8.62. The molecule has 0 aliphatic heterocycles. The van der Waals surface area contributed by atoms with Crippen molar-refractivity contribution in [1.29, 1.82) is 0 Å². The van der Waals surface area contributed by atoms with Crippen molar-refractivity contribution >= 4 is 40.1 Å². The van der Waals surface area contributed by atoms with Gasteiger partial charge in [0.2, 0.25) is 5.82 Å². The zero-order chi connectivity index (χ0) is 20.5. The Hall–Kier alpha value is -2.03. The maximum absolute atomic E-state index is 10.7. The molecule has 10 heteroatoms. The molecule has 0 unspecified atom stereocenters. The van der Waals surface area contributed by atoms with E-state index < -0.39 is 5.97 Å². The van der Waals surface area contributed by atoms with Crippen molar-refractivity contribution in [2.75, 3.05) is 7.11 Å². The number of ether oxygens (including phenoxy) is 1. The van der Waals surface area contributed by atoms with Crippen molar-refractivity contribution in [3.63, 3.8) is 0 Å². The molecule has 30 heavy (non-hydrogen) atoms. The van der Waals surface area contributed by atoms with Crippen LogP contribution in [0.2, 0.25) is 10.0 Å². The van der Waals surface area contributed by atoms with Crippen LogP contribution in [-0.2, 0) is 11.3 Å². The Balaban J connectivity index is 0.00000256. The molecule has 2 aromatic heterocycles. The first-order chi connectivity index (χ1) is 14.0. The van der Waals surface area contributed by atoms with Crippen LogP contribution in [0.15, 0.2) is 47.1 Å². The Kier molecular flexibility index (Phi) is 7.10. The van der Waals surface area contributed by atoms with Crippen molar-refractivity contribution in [2.45, 2.75) is 13.0 Å². The second kappa shape index (κ2) is 9.41. The monoisotopic (exact) mass is 453 g/mol. The van der Waals surface area contributed by atoms with E-state index in [2.05, 4.69) is 10.1 Å². The maximum Gasteiger partial charge on any atom is 1.00 e. The predicted octanol–water partition coefficient (Wildman–Crippen LogP) is 0.818. The minimum absolute atomic E-state index is 0. The van der Waals surface area contributed by atoms with Crippen molar-refractivity contribution in [2.24, 2.45) is 0 Å². The molecule has 2 heterocycles. The van der Waals surface area contributed by atoms with E-state index in [9.17, 15) is 9.90 Å². The van der Waals surface area contributed by atoms with Gasteiger partial charge in [-0.15, -0.1) is 0 Å². The molecule has 0 amide bonds. The molecule has 0 bridgehead atoms. The molecule has 4 rings (SSSR count). The first-order valence-corrected chi connectivity index (χ1v) is 9.38. The van der Waals surface area contributed by atoms with Gasteiger partial charge in [0.15, 0.2) is 0 Å². The van der Waals surface area contributed by atoms with Gasteiger partial charge in [0.05, 0.1) is 17.2 Å². The van der Waals surface area contributed by atoms with Gasteiger partial charge in [-0.1, -0.05) is 28.4 Å². The van der Waals surface area contributed by atoms with Crippen molar-refractivity contribution < 1.29 is 48.7 Å². The molecule has 2 aromatic carbocycles. The molecule has 0 saturated carbocycles. The van der Waals surface area contributed by atoms with Gasteiger partial charge in [-0.25, -0.2) is 0 Å². The van der Waals surface area contributed by atoms with Gasteiger partial charge >= 0.3 is 29.6 Å². The fourth-order valence-electron chi connectivity index (χ4n) is 3.05. The molecule has 0 fully saturated rings. The van der Waals surface area contributed by atoms with Gasteiger partial charge in [-0.3, -0.25) is 0 Å². The molecule has 0 aliphatic carbocycles.